The maximum atomic E-state index is 13.0. The number of carbonyl (C=O) groups is 1. The number of benzene rings is 3. The fraction of sp³-hybridized carbons (Fsp3) is 0.150. The molecule has 3 aromatic rings. The van der Waals surface area contributed by atoms with Gasteiger partial charge in [0.2, 0.25) is 10.0 Å². The summed E-state index contributed by atoms with van der Waals surface area (Å²) in [4.78, 5) is 14.5. The van der Waals surface area contributed by atoms with Gasteiger partial charge in [0.05, 0.1) is 15.5 Å². The summed E-state index contributed by atoms with van der Waals surface area (Å²) in [5.41, 5.74) is 0.825. The maximum absolute atomic E-state index is 13.0. The smallest absolute Gasteiger partial charge is 0.259 e. The van der Waals surface area contributed by atoms with Crippen LogP contribution in [0.15, 0.2) is 65.6 Å². The summed E-state index contributed by atoms with van der Waals surface area (Å²) in [7, 11) is 0.844. The first-order chi connectivity index (χ1) is 12.7. The van der Waals surface area contributed by atoms with Crippen molar-refractivity contribution in [3.05, 3.63) is 71.2 Å². The van der Waals surface area contributed by atoms with E-state index in [-0.39, 0.29) is 21.4 Å². The standard InChI is InChI=1S/C20H19ClN2O3S/c1-22(2)27(25,26)17-10-11-19(21)18(13-17)20(24)23(3)16-9-8-14-6-4-5-7-15(14)12-16/h4-13H,1-3H3. The van der Waals surface area contributed by atoms with E-state index in [1.807, 2.05) is 42.5 Å². The highest BCUT2D eigenvalue weighted by molar-refractivity contribution is 7.89. The first-order valence-electron chi connectivity index (χ1n) is 8.21. The Morgan fingerprint density at radius 1 is 0.889 bits per heavy atom. The van der Waals surface area contributed by atoms with Crippen LogP contribution in [0.25, 0.3) is 10.8 Å². The van der Waals surface area contributed by atoms with Gasteiger partial charge in [-0.15, -0.1) is 0 Å². The molecule has 0 bridgehead atoms. The molecule has 140 valence electrons. The maximum Gasteiger partial charge on any atom is 0.259 e. The van der Waals surface area contributed by atoms with Crippen molar-refractivity contribution in [1.82, 2.24) is 4.31 Å². The van der Waals surface area contributed by atoms with Gasteiger partial charge >= 0.3 is 0 Å². The minimum Gasteiger partial charge on any atom is -0.311 e. The Hall–Kier alpha value is -2.41. The molecule has 0 heterocycles. The van der Waals surface area contributed by atoms with E-state index >= 15 is 0 Å². The molecular weight excluding hydrogens is 384 g/mol. The van der Waals surface area contributed by atoms with Gasteiger partial charge in [-0.3, -0.25) is 4.79 Å². The van der Waals surface area contributed by atoms with Crippen molar-refractivity contribution in [2.24, 2.45) is 0 Å². The molecule has 0 aromatic heterocycles. The predicted octanol–water partition coefficient (Wildman–Crippen LogP) is 4.02. The summed E-state index contributed by atoms with van der Waals surface area (Å²) < 4.78 is 25.8. The molecule has 3 rings (SSSR count). The Kier molecular flexibility index (Phi) is 5.24. The largest absolute Gasteiger partial charge is 0.311 e. The van der Waals surface area contributed by atoms with E-state index in [1.54, 1.807) is 7.05 Å². The summed E-state index contributed by atoms with van der Waals surface area (Å²) in [6, 6.07) is 17.7. The Labute approximate surface area is 163 Å². The van der Waals surface area contributed by atoms with Crippen LogP contribution in [0.4, 0.5) is 5.69 Å². The van der Waals surface area contributed by atoms with Crippen LogP contribution < -0.4 is 4.90 Å². The molecule has 0 aliphatic carbocycles. The van der Waals surface area contributed by atoms with Gasteiger partial charge in [-0.25, -0.2) is 12.7 Å². The Morgan fingerprint density at radius 2 is 1.56 bits per heavy atom. The molecule has 0 N–H and O–H groups in total. The predicted molar refractivity (Wildman–Crippen MR) is 109 cm³/mol. The number of hydrogen-bond donors (Lipinski definition) is 0. The zero-order valence-electron chi connectivity index (χ0n) is 15.2. The lowest BCUT2D eigenvalue weighted by molar-refractivity contribution is 0.0993. The van der Waals surface area contributed by atoms with E-state index in [0.29, 0.717) is 5.69 Å². The number of anilines is 1. The van der Waals surface area contributed by atoms with Crippen molar-refractivity contribution in [1.29, 1.82) is 0 Å². The zero-order chi connectivity index (χ0) is 19.8. The van der Waals surface area contributed by atoms with E-state index < -0.39 is 10.0 Å². The molecule has 1 amide bonds. The number of rotatable bonds is 4. The summed E-state index contributed by atoms with van der Waals surface area (Å²) in [5, 5.41) is 2.27. The Bertz CT molecular complexity index is 1130. The lowest BCUT2D eigenvalue weighted by Gasteiger charge is -2.19. The number of hydrogen-bond acceptors (Lipinski definition) is 3. The molecule has 27 heavy (non-hydrogen) atoms. The third-order valence-electron chi connectivity index (χ3n) is 4.37. The summed E-state index contributed by atoms with van der Waals surface area (Å²) >= 11 is 6.19. The van der Waals surface area contributed by atoms with Crippen LogP contribution in [-0.2, 0) is 10.0 Å². The summed E-state index contributed by atoms with van der Waals surface area (Å²) in [5.74, 6) is -0.383. The third-order valence-corrected chi connectivity index (χ3v) is 6.51. The van der Waals surface area contributed by atoms with Crippen molar-refractivity contribution in [2.45, 2.75) is 4.90 Å². The molecule has 3 aromatic carbocycles. The summed E-state index contributed by atoms with van der Waals surface area (Å²) in [6.45, 7) is 0. The van der Waals surface area contributed by atoms with Crippen LogP contribution in [0, 0.1) is 0 Å². The molecule has 0 aliphatic heterocycles. The molecular formula is C20H19ClN2O3S. The number of carbonyl (C=O) groups excluding carboxylic acids is 1. The Morgan fingerprint density at radius 3 is 2.22 bits per heavy atom. The number of amides is 1. The van der Waals surface area contributed by atoms with E-state index in [4.69, 9.17) is 11.6 Å². The molecule has 0 spiro atoms. The second-order valence-electron chi connectivity index (χ2n) is 6.32. The van der Waals surface area contributed by atoms with Gasteiger partial charge in [0.1, 0.15) is 0 Å². The number of nitrogens with zero attached hydrogens (tertiary/aromatic N) is 2. The quantitative estimate of drug-likeness (QED) is 0.662. The molecule has 5 nitrogen and oxygen atoms in total. The number of halogens is 1. The van der Waals surface area contributed by atoms with Gasteiger partial charge in [0.25, 0.3) is 5.91 Å². The molecule has 0 unspecified atom stereocenters. The van der Waals surface area contributed by atoms with E-state index in [0.717, 1.165) is 15.1 Å². The van der Waals surface area contributed by atoms with Crippen molar-refractivity contribution >= 4 is 44.0 Å². The molecule has 0 saturated carbocycles. The number of sulfonamides is 1. The third kappa shape index (κ3) is 3.69. The van der Waals surface area contributed by atoms with Crippen molar-refractivity contribution in [3.8, 4) is 0 Å². The van der Waals surface area contributed by atoms with Crippen molar-refractivity contribution in [2.75, 3.05) is 26.0 Å². The Balaban J connectivity index is 2.01. The topological polar surface area (TPSA) is 57.7 Å². The van der Waals surface area contributed by atoms with Gasteiger partial charge in [-0.05, 0) is 41.1 Å². The van der Waals surface area contributed by atoms with Gasteiger partial charge in [0.15, 0.2) is 0 Å². The van der Waals surface area contributed by atoms with Gasteiger partial charge in [0, 0.05) is 26.8 Å². The monoisotopic (exact) mass is 402 g/mol. The fourth-order valence-electron chi connectivity index (χ4n) is 2.72. The van der Waals surface area contributed by atoms with Crippen molar-refractivity contribution in [3.63, 3.8) is 0 Å². The molecule has 0 saturated heterocycles. The van der Waals surface area contributed by atoms with Crippen LogP contribution in [0.3, 0.4) is 0 Å². The highest BCUT2D eigenvalue weighted by Gasteiger charge is 2.23. The second-order valence-corrected chi connectivity index (χ2v) is 8.88. The minimum atomic E-state index is -3.66. The van der Waals surface area contributed by atoms with Gasteiger partial charge < -0.3 is 4.90 Å². The first kappa shape index (κ1) is 19.4. The van der Waals surface area contributed by atoms with Gasteiger partial charge in [-0.1, -0.05) is 41.9 Å². The lowest BCUT2D eigenvalue weighted by Crippen LogP contribution is -2.27. The molecule has 0 fully saturated rings. The van der Waals surface area contributed by atoms with Gasteiger partial charge in [-0.2, -0.15) is 0 Å². The minimum absolute atomic E-state index is 0.0205. The van der Waals surface area contributed by atoms with Crippen LogP contribution in [0.1, 0.15) is 10.4 Å². The fourth-order valence-corrected chi connectivity index (χ4v) is 3.85. The van der Waals surface area contributed by atoms with Crippen LogP contribution in [0.2, 0.25) is 5.02 Å². The highest BCUT2D eigenvalue weighted by atomic mass is 35.5. The van der Waals surface area contributed by atoms with Crippen LogP contribution >= 0.6 is 11.6 Å². The second kappa shape index (κ2) is 7.31. The molecule has 0 radical (unpaired) electrons. The molecule has 7 heteroatoms. The van der Waals surface area contributed by atoms with Crippen molar-refractivity contribution < 1.29 is 13.2 Å². The lowest BCUT2D eigenvalue weighted by atomic mass is 10.1. The van der Waals surface area contributed by atoms with Crippen LogP contribution in [0.5, 0.6) is 0 Å². The van der Waals surface area contributed by atoms with E-state index in [2.05, 4.69) is 0 Å². The highest BCUT2D eigenvalue weighted by Crippen LogP contribution is 2.27. The zero-order valence-corrected chi connectivity index (χ0v) is 16.8. The van der Waals surface area contributed by atoms with E-state index in [1.165, 1.54) is 37.2 Å². The molecule has 0 atom stereocenters. The SMILES string of the molecule is CN(C(=O)c1cc(S(=O)(=O)N(C)C)ccc1Cl)c1ccc2ccccc2c1. The average Bonchev–Trinajstić information content (AvgIpc) is 2.66. The van der Waals surface area contributed by atoms with E-state index in [9.17, 15) is 13.2 Å². The average molecular weight is 403 g/mol. The first-order valence-corrected chi connectivity index (χ1v) is 10.0. The number of fused-ring (bicyclic) bond motifs is 1. The summed E-state index contributed by atoms with van der Waals surface area (Å²) in [6.07, 6.45) is 0. The normalized spacial score (nSPS) is 11.7. The van der Waals surface area contributed by atoms with Crippen LogP contribution in [-0.4, -0.2) is 39.8 Å². The molecule has 0 aliphatic rings.